The first-order valence-electron chi connectivity index (χ1n) is 5.61. The molecule has 1 N–H and O–H groups in total. The van der Waals surface area contributed by atoms with E-state index in [1.165, 1.54) is 13.0 Å². The molecule has 1 aromatic heterocycles. The Bertz CT molecular complexity index is 311. The predicted molar refractivity (Wildman–Crippen MR) is 56.5 cm³/mol. The number of hydrogen-bond donors (Lipinski definition) is 1. The molecule has 0 spiro atoms. The maximum Gasteiger partial charge on any atom is 0.198 e. The summed E-state index contributed by atoms with van der Waals surface area (Å²) in [5.41, 5.74) is 0. The van der Waals surface area contributed by atoms with E-state index < -0.39 is 0 Å². The van der Waals surface area contributed by atoms with Gasteiger partial charge in [-0.3, -0.25) is 0 Å². The summed E-state index contributed by atoms with van der Waals surface area (Å²) in [6.45, 7) is 5.42. The van der Waals surface area contributed by atoms with Gasteiger partial charge in [-0.1, -0.05) is 6.92 Å². The molecule has 1 aliphatic rings. The minimum absolute atomic E-state index is 0.0583. The van der Waals surface area contributed by atoms with Crippen molar-refractivity contribution in [1.29, 1.82) is 0 Å². The van der Waals surface area contributed by atoms with Crippen LogP contribution in [0.1, 0.15) is 37.3 Å². The van der Waals surface area contributed by atoms with Gasteiger partial charge in [0.05, 0.1) is 6.20 Å². The van der Waals surface area contributed by atoms with Gasteiger partial charge in [-0.15, -0.1) is 0 Å². The van der Waals surface area contributed by atoms with E-state index in [4.69, 9.17) is 9.52 Å². The van der Waals surface area contributed by atoms with E-state index in [9.17, 15) is 0 Å². The summed E-state index contributed by atoms with van der Waals surface area (Å²) >= 11 is 0. The first-order chi connectivity index (χ1) is 7.33. The smallest absolute Gasteiger partial charge is 0.198 e. The van der Waals surface area contributed by atoms with E-state index >= 15 is 0 Å². The van der Waals surface area contributed by atoms with Gasteiger partial charge < -0.3 is 14.4 Å². The first-order valence-corrected chi connectivity index (χ1v) is 5.61. The van der Waals surface area contributed by atoms with Crippen LogP contribution in [0.2, 0.25) is 0 Å². The third-order valence-electron chi connectivity index (χ3n) is 3.03. The number of aromatic nitrogens is 1. The SMILES string of the molecule is CCN1CCCC(c2ncc(CO)o2)C1. The molecule has 1 aromatic rings. The lowest BCUT2D eigenvalue weighted by atomic mass is 9.98. The zero-order valence-electron chi connectivity index (χ0n) is 9.15. The van der Waals surface area contributed by atoms with Crippen molar-refractivity contribution in [2.45, 2.75) is 32.3 Å². The van der Waals surface area contributed by atoms with E-state index in [1.807, 2.05) is 0 Å². The summed E-state index contributed by atoms with van der Waals surface area (Å²) in [5, 5.41) is 8.90. The van der Waals surface area contributed by atoms with E-state index in [0.717, 1.165) is 25.4 Å². The highest BCUT2D eigenvalue weighted by Crippen LogP contribution is 2.26. The maximum absolute atomic E-state index is 8.90. The van der Waals surface area contributed by atoms with Crippen LogP contribution in [0.25, 0.3) is 0 Å². The number of rotatable bonds is 3. The van der Waals surface area contributed by atoms with Gasteiger partial charge in [0, 0.05) is 12.5 Å². The van der Waals surface area contributed by atoms with Crippen LogP contribution >= 0.6 is 0 Å². The minimum Gasteiger partial charge on any atom is -0.443 e. The van der Waals surface area contributed by atoms with Crippen molar-refractivity contribution in [2.24, 2.45) is 0 Å². The third-order valence-corrected chi connectivity index (χ3v) is 3.03. The highest BCUT2D eigenvalue weighted by atomic mass is 16.4. The molecule has 2 heterocycles. The molecule has 4 heteroatoms. The molecule has 15 heavy (non-hydrogen) atoms. The molecule has 0 aliphatic carbocycles. The molecule has 84 valence electrons. The van der Waals surface area contributed by atoms with Gasteiger partial charge in [-0.2, -0.15) is 0 Å². The van der Waals surface area contributed by atoms with E-state index in [2.05, 4.69) is 16.8 Å². The molecule has 4 nitrogen and oxygen atoms in total. The van der Waals surface area contributed by atoms with Crippen LogP contribution in [0.15, 0.2) is 10.6 Å². The summed E-state index contributed by atoms with van der Waals surface area (Å²) in [4.78, 5) is 6.64. The second-order valence-electron chi connectivity index (χ2n) is 4.06. The molecule has 2 rings (SSSR count). The Morgan fingerprint density at radius 1 is 1.67 bits per heavy atom. The molecule has 0 aromatic carbocycles. The van der Waals surface area contributed by atoms with E-state index in [0.29, 0.717) is 11.7 Å². The first kappa shape index (κ1) is 10.6. The van der Waals surface area contributed by atoms with Crippen LogP contribution < -0.4 is 0 Å². The Balaban J connectivity index is 2.03. The topological polar surface area (TPSA) is 49.5 Å². The summed E-state index contributed by atoms with van der Waals surface area (Å²) in [6.07, 6.45) is 3.97. The number of hydrogen-bond acceptors (Lipinski definition) is 4. The average Bonchev–Trinajstić information content (AvgIpc) is 2.78. The summed E-state index contributed by atoms with van der Waals surface area (Å²) in [7, 11) is 0. The molecule has 1 unspecified atom stereocenters. The lowest BCUT2D eigenvalue weighted by molar-refractivity contribution is 0.193. The Labute approximate surface area is 89.9 Å². The fourth-order valence-corrected chi connectivity index (χ4v) is 2.13. The van der Waals surface area contributed by atoms with Crippen LogP contribution in [0.3, 0.4) is 0 Å². The van der Waals surface area contributed by atoms with Crippen molar-refractivity contribution in [2.75, 3.05) is 19.6 Å². The lowest BCUT2D eigenvalue weighted by Crippen LogP contribution is -2.34. The van der Waals surface area contributed by atoms with Gasteiger partial charge in [0.2, 0.25) is 0 Å². The molecule has 1 fully saturated rings. The molecular formula is C11H18N2O2. The Kier molecular flexibility index (Phi) is 3.38. The number of likely N-dealkylation sites (N-methyl/N-ethyl adjacent to an activating group) is 1. The van der Waals surface area contributed by atoms with Gasteiger partial charge >= 0.3 is 0 Å². The quantitative estimate of drug-likeness (QED) is 0.818. The lowest BCUT2D eigenvalue weighted by Gasteiger charge is -2.29. The van der Waals surface area contributed by atoms with Gasteiger partial charge in [0.1, 0.15) is 12.4 Å². The number of aliphatic hydroxyl groups is 1. The number of nitrogens with zero attached hydrogens (tertiary/aromatic N) is 2. The summed E-state index contributed by atoms with van der Waals surface area (Å²) in [6, 6.07) is 0. The Morgan fingerprint density at radius 3 is 3.20 bits per heavy atom. The molecule has 0 bridgehead atoms. The van der Waals surface area contributed by atoms with Crippen molar-refractivity contribution in [3.8, 4) is 0 Å². The van der Waals surface area contributed by atoms with Crippen molar-refractivity contribution in [3.63, 3.8) is 0 Å². The van der Waals surface area contributed by atoms with Gasteiger partial charge in [0.15, 0.2) is 5.89 Å². The zero-order chi connectivity index (χ0) is 10.7. The molecule has 1 atom stereocenters. The molecule has 0 radical (unpaired) electrons. The van der Waals surface area contributed by atoms with Crippen LogP contribution in [0.4, 0.5) is 0 Å². The highest BCUT2D eigenvalue weighted by Gasteiger charge is 2.23. The van der Waals surface area contributed by atoms with Crippen molar-refractivity contribution >= 4 is 0 Å². The predicted octanol–water partition coefficient (Wildman–Crippen LogP) is 1.37. The van der Waals surface area contributed by atoms with Crippen molar-refractivity contribution < 1.29 is 9.52 Å². The van der Waals surface area contributed by atoms with Gasteiger partial charge in [-0.05, 0) is 25.9 Å². The standard InChI is InChI=1S/C11H18N2O2/c1-2-13-5-3-4-9(7-13)11-12-6-10(8-14)15-11/h6,9,14H,2-5,7-8H2,1H3. The number of oxazole rings is 1. The normalized spacial score (nSPS) is 23.2. The molecule has 1 saturated heterocycles. The summed E-state index contributed by atoms with van der Waals surface area (Å²) < 4.78 is 5.48. The summed E-state index contributed by atoms with van der Waals surface area (Å²) in [5.74, 6) is 1.76. The molecular weight excluding hydrogens is 192 g/mol. The van der Waals surface area contributed by atoms with Crippen LogP contribution in [0, 0.1) is 0 Å². The highest BCUT2D eigenvalue weighted by molar-refractivity contribution is 5.00. The largest absolute Gasteiger partial charge is 0.443 e. The van der Waals surface area contributed by atoms with Crippen molar-refractivity contribution in [1.82, 2.24) is 9.88 Å². The van der Waals surface area contributed by atoms with Crippen molar-refractivity contribution in [3.05, 3.63) is 17.8 Å². The van der Waals surface area contributed by atoms with Crippen LogP contribution in [0.5, 0.6) is 0 Å². The molecule has 0 amide bonds. The van der Waals surface area contributed by atoms with Crippen LogP contribution in [-0.2, 0) is 6.61 Å². The molecule has 0 saturated carbocycles. The van der Waals surface area contributed by atoms with Gasteiger partial charge in [-0.25, -0.2) is 4.98 Å². The number of likely N-dealkylation sites (tertiary alicyclic amines) is 1. The fourth-order valence-electron chi connectivity index (χ4n) is 2.13. The van der Waals surface area contributed by atoms with Gasteiger partial charge in [0.25, 0.3) is 0 Å². The van der Waals surface area contributed by atoms with Crippen LogP contribution in [-0.4, -0.2) is 34.6 Å². The van der Waals surface area contributed by atoms with E-state index in [1.54, 1.807) is 6.20 Å². The monoisotopic (exact) mass is 210 g/mol. The minimum atomic E-state index is -0.0583. The average molecular weight is 210 g/mol. The Morgan fingerprint density at radius 2 is 2.53 bits per heavy atom. The number of aliphatic hydroxyl groups excluding tert-OH is 1. The third kappa shape index (κ3) is 2.38. The molecule has 1 aliphatic heterocycles. The second kappa shape index (κ2) is 4.77. The maximum atomic E-state index is 8.90. The zero-order valence-corrected chi connectivity index (χ0v) is 9.15. The second-order valence-corrected chi connectivity index (χ2v) is 4.06. The number of piperidine rings is 1. The fraction of sp³-hybridized carbons (Fsp3) is 0.727. The van der Waals surface area contributed by atoms with E-state index in [-0.39, 0.29) is 6.61 Å². The Hall–Kier alpha value is -0.870.